The minimum Gasteiger partial charge on any atom is -0.465 e. The van der Waals surface area contributed by atoms with E-state index >= 15 is 0 Å². The number of hydrogen-bond donors (Lipinski definition) is 0. The van der Waals surface area contributed by atoms with E-state index in [1.54, 1.807) is 6.07 Å². The van der Waals surface area contributed by atoms with E-state index in [4.69, 9.17) is 11.6 Å². The highest BCUT2D eigenvalue weighted by Gasteiger charge is 2.09. The largest absolute Gasteiger partial charge is 0.465 e. The van der Waals surface area contributed by atoms with Gasteiger partial charge in [0.05, 0.1) is 29.9 Å². The van der Waals surface area contributed by atoms with Crippen LogP contribution in [0.5, 0.6) is 0 Å². The molecule has 5 heteroatoms. The summed E-state index contributed by atoms with van der Waals surface area (Å²) in [6, 6.07) is 11.5. The van der Waals surface area contributed by atoms with Crippen LogP contribution in [0, 0.1) is 0 Å². The Morgan fingerprint density at radius 1 is 1.29 bits per heavy atom. The Kier molecular flexibility index (Phi) is 3.62. The highest BCUT2D eigenvalue weighted by atomic mass is 35.5. The highest BCUT2D eigenvalue weighted by Crippen LogP contribution is 2.25. The molecule has 0 amide bonds. The minimum absolute atomic E-state index is 0.386. The van der Waals surface area contributed by atoms with Gasteiger partial charge in [0.2, 0.25) is 0 Å². The van der Waals surface area contributed by atoms with E-state index in [1.807, 2.05) is 41.1 Å². The molecule has 106 valence electrons. The Morgan fingerprint density at radius 3 is 2.81 bits per heavy atom. The molecule has 0 radical (unpaired) electrons. The fraction of sp³-hybridized carbons (Fsp3) is 0.125. The van der Waals surface area contributed by atoms with Crippen molar-refractivity contribution in [2.75, 3.05) is 7.11 Å². The molecule has 2 aromatic heterocycles. The molecule has 0 aliphatic rings. The number of methoxy groups -OCH3 is 1. The van der Waals surface area contributed by atoms with Gasteiger partial charge in [-0.1, -0.05) is 29.8 Å². The molecule has 0 atom stereocenters. The maximum absolute atomic E-state index is 11.4. The second-order valence-corrected chi connectivity index (χ2v) is 5.06. The molecular formula is C16H13ClN2O2. The molecule has 0 aliphatic heterocycles. The first-order chi connectivity index (χ1) is 10.2. The van der Waals surface area contributed by atoms with Crippen molar-refractivity contribution < 1.29 is 9.53 Å². The predicted octanol–water partition coefficient (Wildman–Crippen LogP) is 3.52. The number of aromatic nitrogens is 2. The average molecular weight is 301 g/mol. The molecule has 3 aromatic rings. The zero-order valence-electron chi connectivity index (χ0n) is 11.4. The van der Waals surface area contributed by atoms with Gasteiger partial charge in [0.1, 0.15) is 0 Å². The van der Waals surface area contributed by atoms with Crippen molar-refractivity contribution in [3.8, 4) is 0 Å². The third kappa shape index (κ3) is 2.62. The Hall–Kier alpha value is -2.33. The van der Waals surface area contributed by atoms with E-state index in [0.717, 1.165) is 21.6 Å². The fourth-order valence-electron chi connectivity index (χ4n) is 2.26. The Morgan fingerprint density at radius 2 is 2.10 bits per heavy atom. The quantitative estimate of drug-likeness (QED) is 0.695. The molecular weight excluding hydrogens is 288 g/mol. The van der Waals surface area contributed by atoms with E-state index in [9.17, 15) is 4.79 Å². The monoisotopic (exact) mass is 300 g/mol. The molecule has 21 heavy (non-hydrogen) atoms. The third-order valence-electron chi connectivity index (χ3n) is 3.32. The van der Waals surface area contributed by atoms with Crippen LogP contribution in [-0.2, 0) is 11.3 Å². The molecule has 1 aromatic carbocycles. The van der Waals surface area contributed by atoms with Crippen LogP contribution in [-0.4, -0.2) is 22.6 Å². The number of esters is 1. The summed E-state index contributed by atoms with van der Waals surface area (Å²) in [7, 11) is 1.35. The minimum atomic E-state index is -0.386. The van der Waals surface area contributed by atoms with E-state index in [-0.39, 0.29) is 5.97 Å². The molecule has 0 bridgehead atoms. The second kappa shape index (κ2) is 5.58. The van der Waals surface area contributed by atoms with Gasteiger partial charge in [0.25, 0.3) is 0 Å². The molecule has 2 heterocycles. The van der Waals surface area contributed by atoms with Gasteiger partial charge in [-0.2, -0.15) is 0 Å². The summed E-state index contributed by atoms with van der Waals surface area (Å²) in [5.74, 6) is -0.386. The van der Waals surface area contributed by atoms with Gasteiger partial charge in [0, 0.05) is 23.3 Å². The lowest BCUT2D eigenvalue weighted by atomic mass is 10.2. The predicted molar refractivity (Wildman–Crippen MR) is 81.6 cm³/mol. The molecule has 3 rings (SSSR count). The SMILES string of the molecule is COC(=O)c1ccc(Cn2cc(Cl)c3ccccc32)nc1. The maximum atomic E-state index is 11.4. The summed E-state index contributed by atoms with van der Waals surface area (Å²) in [5.41, 5.74) is 2.35. The summed E-state index contributed by atoms with van der Waals surface area (Å²) in [5, 5.41) is 1.74. The molecule has 0 N–H and O–H groups in total. The smallest absolute Gasteiger partial charge is 0.339 e. The standard InChI is InChI=1S/C16H13ClN2O2/c1-21-16(20)11-6-7-12(18-8-11)9-19-10-14(17)13-4-2-3-5-15(13)19/h2-8,10H,9H2,1H3. The Labute approximate surface area is 126 Å². The van der Waals surface area contributed by atoms with Crippen LogP contribution in [0.4, 0.5) is 0 Å². The van der Waals surface area contributed by atoms with Crippen molar-refractivity contribution in [1.29, 1.82) is 0 Å². The third-order valence-corrected chi connectivity index (χ3v) is 3.62. The Bertz CT molecular complexity index is 794. The van der Waals surface area contributed by atoms with Crippen LogP contribution in [0.15, 0.2) is 48.8 Å². The van der Waals surface area contributed by atoms with Crippen molar-refractivity contribution in [2.45, 2.75) is 6.54 Å². The number of carbonyl (C=O) groups is 1. The maximum Gasteiger partial charge on any atom is 0.339 e. The van der Waals surface area contributed by atoms with Crippen LogP contribution in [0.2, 0.25) is 5.02 Å². The van der Waals surface area contributed by atoms with Gasteiger partial charge in [-0.05, 0) is 18.2 Å². The van der Waals surface area contributed by atoms with Gasteiger partial charge in [-0.25, -0.2) is 4.79 Å². The summed E-state index contributed by atoms with van der Waals surface area (Å²) in [6.45, 7) is 0.592. The van der Waals surface area contributed by atoms with Crippen molar-refractivity contribution >= 4 is 28.5 Å². The topological polar surface area (TPSA) is 44.1 Å². The van der Waals surface area contributed by atoms with Crippen molar-refractivity contribution in [3.63, 3.8) is 0 Å². The molecule has 4 nitrogen and oxygen atoms in total. The lowest BCUT2D eigenvalue weighted by Crippen LogP contribution is -2.04. The number of ether oxygens (including phenoxy) is 1. The lowest BCUT2D eigenvalue weighted by Gasteiger charge is -2.05. The van der Waals surface area contributed by atoms with E-state index in [1.165, 1.54) is 13.3 Å². The average Bonchev–Trinajstić information content (AvgIpc) is 2.84. The number of para-hydroxylation sites is 1. The summed E-state index contributed by atoms with van der Waals surface area (Å²) in [6.07, 6.45) is 3.41. The molecule has 0 saturated heterocycles. The first kappa shape index (κ1) is 13.6. The van der Waals surface area contributed by atoms with Crippen molar-refractivity contribution in [3.05, 3.63) is 65.1 Å². The first-order valence-electron chi connectivity index (χ1n) is 6.45. The van der Waals surface area contributed by atoms with Gasteiger partial charge >= 0.3 is 5.97 Å². The number of rotatable bonds is 3. The number of hydrogen-bond acceptors (Lipinski definition) is 3. The van der Waals surface area contributed by atoms with Gasteiger partial charge in [-0.3, -0.25) is 4.98 Å². The van der Waals surface area contributed by atoms with Crippen LogP contribution in [0.1, 0.15) is 16.1 Å². The van der Waals surface area contributed by atoms with Crippen LogP contribution in [0.3, 0.4) is 0 Å². The lowest BCUT2D eigenvalue weighted by molar-refractivity contribution is 0.0600. The van der Waals surface area contributed by atoms with E-state index in [0.29, 0.717) is 12.1 Å². The van der Waals surface area contributed by atoms with Crippen molar-refractivity contribution in [2.24, 2.45) is 0 Å². The molecule has 0 spiro atoms. The zero-order chi connectivity index (χ0) is 14.8. The molecule has 0 unspecified atom stereocenters. The summed E-state index contributed by atoms with van der Waals surface area (Å²) >= 11 is 6.23. The molecule has 0 aliphatic carbocycles. The van der Waals surface area contributed by atoms with Crippen LogP contribution in [0.25, 0.3) is 10.9 Å². The zero-order valence-corrected chi connectivity index (χ0v) is 12.2. The normalized spacial score (nSPS) is 10.8. The summed E-state index contributed by atoms with van der Waals surface area (Å²) < 4.78 is 6.69. The number of fused-ring (bicyclic) bond motifs is 1. The van der Waals surface area contributed by atoms with Crippen LogP contribution < -0.4 is 0 Å². The number of nitrogens with zero attached hydrogens (tertiary/aromatic N) is 2. The number of pyridine rings is 1. The van der Waals surface area contributed by atoms with Crippen molar-refractivity contribution in [1.82, 2.24) is 9.55 Å². The number of benzene rings is 1. The van der Waals surface area contributed by atoms with E-state index in [2.05, 4.69) is 9.72 Å². The number of carbonyl (C=O) groups excluding carboxylic acids is 1. The number of halogens is 1. The fourth-order valence-corrected chi connectivity index (χ4v) is 2.54. The van der Waals surface area contributed by atoms with E-state index < -0.39 is 0 Å². The molecule has 0 saturated carbocycles. The van der Waals surface area contributed by atoms with Gasteiger partial charge < -0.3 is 9.30 Å². The van der Waals surface area contributed by atoms with Gasteiger partial charge in [-0.15, -0.1) is 0 Å². The van der Waals surface area contributed by atoms with Gasteiger partial charge in [0.15, 0.2) is 0 Å². The van der Waals surface area contributed by atoms with Crippen LogP contribution >= 0.6 is 11.6 Å². The highest BCUT2D eigenvalue weighted by molar-refractivity contribution is 6.35. The Balaban J connectivity index is 1.90. The second-order valence-electron chi connectivity index (χ2n) is 4.65. The summed E-state index contributed by atoms with van der Waals surface area (Å²) in [4.78, 5) is 15.7. The molecule has 0 fully saturated rings. The first-order valence-corrected chi connectivity index (χ1v) is 6.83.